The number of methoxy groups -OCH3 is 1. The number of amides is 1. The Morgan fingerprint density at radius 3 is 2.92 bits per heavy atom. The van der Waals surface area contributed by atoms with Crippen LogP contribution in [0.2, 0.25) is 0 Å². The Balaban J connectivity index is 1.24. The molecule has 9 nitrogen and oxygen atoms in total. The number of thiazole rings is 1. The molecule has 3 heterocycles. The Morgan fingerprint density at radius 1 is 1.20 bits per heavy atom. The summed E-state index contributed by atoms with van der Waals surface area (Å²) in [5.74, 6) is 1.12. The second-order valence-corrected chi connectivity index (χ2v) is 10.7. The number of carbonyl (C=O) groups excluding carboxylic acids is 1. The predicted molar refractivity (Wildman–Crippen MR) is 155 cm³/mol. The highest BCUT2D eigenvalue weighted by Gasteiger charge is 2.21. The molecule has 40 heavy (non-hydrogen) atoms. The summed E-state index contributed by atoms with van der Waals surface area (Å²) >= 11 is 1.34. The van der Waals surface area contributed by atoms with Gasteiger partial charge in [0, 0.05) is 40.8 Å². The molecule has 209 valence electrons. The Bertz CT molecular complexity index is 1460. The largest absolute Gasteiger partial charge is 0.493 e. The Labute approximate surface area is 236 Å². The van der Waals surface area contributed by atoms with Gasteiger partial charge >= 0.3 is 0 Å². The minimum Gasteiger partial charge on any atom is -0.493 e. The van der Waals surface area contributed by atoms with E-state index in [-0.39, 0.29) is 12.3 Å². The van der Waals surface area contributed by atoms with E-state index in [2.05, 4.69) is 37.4 Å². The molecule has 1 radical (unpaired) electrons. The highest BCUT2D eigenvalue weighted by molar-refractivity contribution is 7.15. The van der Waals surface area contributed by atoms with E-state index >= 15 is 0 Å². The molecule has 0 bridgehead atoms. The average Bonchev–Trinajstić information content (AvgIpc) is 3.39. The van der Waals surface area contributed by atoms with Crippen LogP contribution in [0.3, 0.4) is 0 Å². The third kappa shape index (κ3) is 6.83. The zero-order valence-electron chi connectivity index (χ0n) is 22.4. The maximum Gasteiger partial charge on any atom is 0.229 e. The van der Waals surface area contributed by atoms with Crippen molar-refractivity contribution in [3.8, 4) is 11.5 Å². The number of fused-ring (bicyclic) bond motifs is 1. The molecule has 4 aromatic rings. The lowest BCUT2D eigenvalue weighted by Crippen LogP contribution is -2.41. The molecule has 1 saturated heterocycles. The molecule has 1 amide bonds. The zero-order chi connectivity index (χ0) is 27.9. The summed E-state index contributed by atoms with van der Waals surface area (Å²) in [6, 6.07) is 10.0. The Kier molecular flexibility index (Phi) is 9.02. The van der Waals surface area contributed by atoms with Crippen LogP contribution < -0.4 is 20.1 Å². The number of nitrogens with one attached hydrogen (secondary N) is 2. The van der Waals surface area contributed by atoms with Crippen LogP contribution in [-0.2, 0) is 11.2 Å². The Morgan fingerprint density at radius 2 is 2.10 bits per heavy atom. The summed E-state index contributed by atoms with van der Waals surface area (Å²) in [7, 11) is 1.61. The van der Waals surface area contributed by atoms with Crippen LogP contribution in [0.5, 0.6) is 11.5 Å². The second-order valence-electron chi connectivity index (χ2n) is 9.56. The van der Waals surface area contributed by atoms with Crippen LogP contribution in [0.4, 0.5) is 21.0 Å². The van der Waals surface area contributed by atoms with Gasteiger partial charge < -0.3 is 20.1 Å². The zero-order valence-corrected chi connectivity index (χ0v) is 23.2. The van der Waals surface area contributed by atoms with E-state index in [4.69, 9.17) is 9.47 Å². The lowest BCUT2D eigenvalue weighted by molar-refractivity contribution is -0.115. The number of rotatable bonds is 11. The molecule has 2 N–H and O–H groups in total. The summed E-state index contributed by atoms with van der Waals surface area (Å²) in [6.45, 7) is 6.56. The first-order chi connectivity index (χ1) is 19.5. The fourth-order valence-corrected chi connectivity index (χ4v) is 5.68. The van der Waals surface area contributed by atoms with Crippen molar-refractivity contribution in [2.24, 2.45) is 0 Å². The molecular weight excluding hydrogens is 531 g/mol. The smallest absolute Gasteiger partial charge is 0.229 e. The molecule has 2 aromatic heterocycles. The van der Waals surface area contributed by atoms with Gasteiger partial charge in [-0.3, -0.25) is 9.69 Å². The number of carbonyl (C=O) groups is 1. The van der Waals surface area contributed by atoms with E-state index in [0.717, 1.165) is 29.8 Å². The van der Waals surface area contributed by atoms with Gasteiger partial charge in [0.15, 0.2) is 16.6 Å². The van der Waals surface area contributed by atoms with Crippen LogP contribution in [0, 0.1) is 12.7 Å². The van der Waals surface area contributed by atoms with Gasteiger partial charge in [-0.05, 0) is 50.1 Å². The quantitative estimate of drug-likeness (QED) is 0.243. The minimum absolute atomic E-state index is 0.113. The fraction of sp³-hybridized carbons (Fsp3) is 0.345. The van der Waals surface area contributed by atoms with Crippen LogP contribution in [0.25, 0.3) is 10.9 Å². The van der Waals surface area contributed by atoms with Crippen LogP contribution in [0.15, 0.2) is 48.9 Å². The number of hydrogen-bond donors (Lipinski definition) is 2. The van der Waals surface area contributed by atoms with Crippen LogP contribution >= 0.6 is 11.3 Å². The number of piperidine rings is 1. The molecule has 1 atom stereocenters. The normalized spacial score (nSPS) is 15.6. The first-order valence-corrected chi connectivity index (χ1v) is 14.1. The van der Waals surface area contributed by atoms with Crippen LogP contribution in [-0.4, -0.2) is 58.6 Å². The van der Waals surface area contributed by atoms with E-state index in [1.165, 1.54) is 49.1 Å². The number of ether oxygens (including phenoxy) is 2. The third-order valence-electron chi connectivity index (χ3n) is 6.86. The molecule has 1 aliphatic heterocycles. The topological polar surface area (TPSA) is 102 Å². The molecule has 1 unspecified atom stereocenters. The highest BCUT2D eigenvalue weighted by atomic mass is 32.1. The molecule has 11 heteroatoms. The number of benzene rings is 2. The van der Waals surface area contributed by atoms with Crippen molar-refractivity contribution >= 4 is 44.8 Å². The SMILES string of the molecule is [CH2]CC1CCCCN1CCOc1cc2ncnc(Nc3ncc(CC(=O)Nc4cccc(F)c4)s3)c2cc1OC. The van der Waals surface area contributed by atoms with Crippen molar-refractivity contribution < 1.29 is 18.7 Å². The van der Waals surface area contributed by atoms with Gasteiger partial charge in [-0.25, -0.2) is 19.3 Å². The maximum absolute atomic E-state index is 13.4. The maximum atomic E-state index is 13.4. The van der Waals surface area contributed by atoms with Gasteiger partial charge in [0.1, 0.15) is 24.6 Å². The number of hydrogen-bond acceptors (Lipinski definition) is 9. The molecule has 1 aliphatic rings. The summed E-state index contributed by atoms with van der Waals surface area (Å²) in [5, 5.41) is 7.26. The lowest BCUT2D eigenvalue weighted by Gasteiger charge is -2.35. The van der Waals surface area contributed by atoms with E-state index in [9.17, 15) is 9.18 Å². The Hall–Kier alpha value is -3.83. The van der Waals surface area contributed by atoms with Crippen molar-refractivity contribution in [2.45, 2.75) is 38.1 Å². The van der Waals surface area contributed by atoms with E-state index in [1.807, 2.05) is 12.1 Å². The number of nitrogens with zero attached hydrogens (tertiary/aromatic N) is 4. The van der Waals surface area contributed by atoms with Gasteiger partial charge in [0.05, 0.1) is 19.0 Å². The standard InChI is InChI=1S/C29H32FN6O3S/c1-3-21-9-4-5-10-36(21)11-12-39-26-16-24-23(15-25(26)38-2)28(33-18-32-24)35-29-31-17-22(40-29)14-27(37)34-20-8-6-7-19(30)13-20/h6-8,13,15-18,21H,1,3-5,9-12,14H2,2H3,(H,34,37)(H,31,32,33,35). The number of aromatic nitrogens is 3. The van der Waals surface area contributed by atoms with Crippen molar-refractivity contribution in [3.63, 3.8) is 0 Å². The molecule has 0 aliphatic carbocycles. The average molecular weight is 564 g/mol. The predicted octanol–water partition coefficient (Wildman–Crippen LogP) is 5.62. The highest BCUT2D eigenvalue weighted by Crippen LogP contribution is 2.35. The van der Waals surface area contributed by atoms with Gasteiger partial charge in [-0.15, -0.1) is 11.3 Å². The van der Waals surface area contributed by atoms with Gasteiger partial charge in [0.2, 0.25) is 5.91 Å². The molecular formula is C29H32FN6O3S. The summed E-state index contributed by atoms with van der Waals surface area (Å²) in [6.07, 6.45) is 7.81. The van der Waals surface area contributed by atoms with Crippen molar-refractivity contribution in [2.75, 3.05) is 37.4 Å². The monoisotopic (exact) mass is 563 g/mol. The summed E-state index contributed by atoms with van der Waals surface area (Å²) < 4.78 is 25.2. The summed E-state index contributed by atoms with van der Waals surface area (Å²) in [5.41, 5.74) is 1.11. The number of likely N-dealkylation sites (tertiary alicyclic amines) is 1. The molecule has 0 saturated carbocycles. The number of halogens is 1. The van der Waals surface area contributed by atoms with Crippen molar-refractivity contribution in [1.29, 1.82) is 0 Å². The van der Waals surface area contributed by atoms with E-state index in [1.54, 1.807) is 25.4 Å². The van der Waals surface area contributed by atoms with E-state index < -0.39 is 5.82 Å². The lowest BCUT2D eigenvalue weighted by atomic mass is 10.0. The van der Waals surface area contributed by atoms with Crippen molar-refractivity contribution in [1.82, 2.24) is 19.9 Å². The third-order valence-corrected chi connectivity index (χ3v) is 7.77. The molecule has 2 aromatic carbocycles. The first kappa shape index (κ1) is 27.7. The van der Waals surface area contributed by atoms with Crippen molar-refractivity contribution in [3.05, 3.63) is 66.5 Å². The molecule has 1 fully saturated rings. The van der Waals surface area contributed by atoms with Gasteiger partial charge in [-0.1, -0.05) is 19.4 Å². The first-order valence-electron chi connectivity index (χ1n) is 13.3. The molecule has 0 spiro atoms. The summed E-state index contributed by atoms with van der Waals surface area (Å²) in [4.78, 5) is 28.8. The van der Waals surface area contributed by atoms with Gasteiger partial charge in [-0.2, -0.15) is 0 Å². The van der Waals surface area contributed by atoms with Gasteiger partial charge in [0.25, 0.3) is 0 Å². The van der Waals surface area contributed by atoms with Crippen LogP contribution in [0.1, 0.15) is 30.6 Å². The number of anilines is 3. The minimum atomic E-state index is -0.408. The molecule has 5 rings (SSSR count). The van der Waals surface area contributed by atoms with E-state index in [0.29, 0.717) is 46.3 Å². The fourth-order valence-electron chi connectivity index (χ4n) is 4.87. The second kappa shape index (κ2) is 13.0.